The Bertz CT molecular complexity index is 185. The lowest BCUT2D eigenvalue weighted by Crippen LogP contribution is -2.42. The van der Waals surface area contributed by atoms with Crippen molar-refractivity contribution < 1.29 is 9.92 Å². The Morgan fingerprint density at radius 1 is 1.31 bits per heavy atom. The quantitative estimate of drug-likeness (QED) is 0.504. The van der Waals surface area contributed by atoms with Crippen LogP contribution in [0.25, 0.3) is 0 Å². The highest BCUT2D eigenvalue weighted by Gasteiger charge is 2.38. The van der Waals surface area contributed by atoms with Crippen LogP contribution in [0.3, 0.4) is 0 Å². The predicted molar refractivity (Wildman–Crippen MR) is 48.7 cm³/mol. The summed E-state index contributed by atoms with van der Waals surface area (Å²) in [7, 11) is 0. The largest absolute Gasteiger partial charge is 0.307 e. The number of nitrogens with zero attached hydrogens (tertiary/aromatic N) is 1. The van der Waals surface area contributed by atoms with E-state index in [4.69, 9.17) is 4.84 Å². The minimum absolute atomic E-state index is 0.221. The zero-order valence-corrected chi connectivity index (χ0v) is 8.28. The van der Waals surface area contributed by atoms with E-state index < -0.39 is 10.7 Å². The van der Waals surface area contributed by atoms with Crippen molar-refractivity contribution in [2.75, 3.05) is 0 Å². The Morgan fingerprint density at radius 3 is 2.23 bits per heavy atom. The van der Waals surface area contributed by atoms with E-state index in [1.165, 1.54) is 6.42 Å². The molecule has 0 heterocycles. The Labute approximate surface area is 78.4 Å². The van der Waals surface area contributed by atoms with Gasteiger partial charge in [0.05, 0.1) is 0 Å². The van der Waals surface area contributed by atoms with Crippen molar-refractivity contribution in [3.05, 3.63) is 10.1 Å². The summed E-state index contributed by atoms with van der Waals surface area (Å²) in [5, 5.41) is 9.73. The minimum atomic E-state index is -0.634. The molecule has 0 amide bonds. The molecule has 1 saturated carbocycles. The van der Waals surface area contributed by atoms with Gasteiger partial charge in [0.15, 0.2) is 0 Å². The first-order chi connectivity index (χ1) is 6.07. The van der Waals surface area contributed by atoms with Gasteiger partial charge in [-0.25, -0.2) is 0 Å². The Morgan fingerprint density at radius 2 is 1.85 bits per heavy atom. The Hall–Kier alpha value is -0.800. The van der Waals surface area contributed by atoms with Gasteiger partial charge in [-0.05, 0) is 18.8 Å². The predicted octanol–water partition coefficient (Wildman–Crippen LogP) is 2.55. The molecular formula is C9H17NO3. The maximum atomic E-state index is 10.4. The van der Waals surface area contributed by atoms with Gasteiger partial charge < -0.3 is 4.84 Å². The molecular weight excluding hydrogens is 170 g/mol. The summed E-state index contributed by atoms with van der Waals surface area (Å²) in [6, 6.07) is 0. The SMILES string of the molecule is CC(C)C1(O[N+](=O)[O-])CCCCC1. The summed E-state index contributed by atoms with van der Waals surface area (Å²) in [5.41, 5.74) is -0.498. The van der Waals surface area contributed by atoms with Gasteiger partial charge in [0.25, 0.3) is 5.09 Å². The van der Waals surface area contributed by atoms with E-state index in [1.807, 2.05) is 13.8 Å². The van der Waals surface area contributed by atoms with E-state index in [1.54, 1.807) is 0 Å². The molecule has 1 aliphatic rings. The Balaban J connectivity index is 2.67. The fraction of sp³-hybridized carbons (Fsp3) is 1.00. The van der Waals surface area contributed by atoms with Crippen molar-refractivity contribution in [3.63, 3.8) is 0 Å². The van der Waals surface area contributed by atoms with Crippen LogP contribution >= 0.6 is 0 Å². The molecule has 0 aliphatic heterocycles. The van der Waals surface area contributed by atoms with E-state index in [2.05, 4.69) is 0 Å². The summed E-state index contributed by atoms with van der Waals surface area (Å²) in [6.07, 6.45) is 4.92. The zero-order chi connectivity index (χ0) is 9.90. The molecule has 0 saturated heterocycles. The average Bonchev–Trinajstić information content (AvgIpc) is 2.04. The summed E-state index contributed by atoms with van der Waals surface area (Å²) in [5.74, 6) is 0.221. The van der Waals surface area contributed by atoms with Crippen LogP contribution in [-0.2, 0) is 4.84 Å². The van der Waals surface area contributed by atoms with Gasteiger partial charge >= 0.3 is 0 Å². The molecule has 0 bridgehead atoms. The molecule has 0 aromatic carbocycles. The van der Waals surface area contributed by atoms with Crippen LogP contribution in [0, 0.1) is 16.0 Å². The minimum Gasteiger partial charge on any atom is -0.307 e. The van der Waals surface area contributed by atoms with Crippen molar-refractivity contribution in [3.8, 4) is 0 Å². The van der Waals surface area contributed by atoms with Crippen molar-refractivity contribution in [1.82, 2.24) is 0 Å². The normalized spacial score (nSPS) is 21.5. The van der Waals surface area contributed by atoms with Crippen LogP contribution in [0.5, 0.6) is 0 Å². The van der Waals surface area contributed by atoms with Gasteiger partial charge in [-0.3, -0.25) is 0 Å². The molecule has 0 spiro atoms. The first-order valence-electron chi connectivity index (χ1n) is 4.90. The summed E-state index contributed by atoms with van der Waals surface area (Å²) in [6.45, 7) is 3.99. The van der Waals surface area contributed by atoms with Crippen LogP contribution in [-0.4, -0.2) is 10.7 Å². The van der Waals surface area contributed by atoms with Gasteiger partial charge in [0, 0.05) is 0 Å². The molecule has 4 nitrogen and oxygen atoms in total. The molecule has 0 radical (unpaired) electrons. The highest BCUT2D eigenvalue weighted by atomic mass is 17.0. The third-order valence-corrected chi connectivity index (χ3v) is 3.01. The van der Waals surface area contributed by atoms with Gasteiger partial charge in [-0.2, -0.15) is 0 Å². The zero-order valence-electron chi connectivity index (χ0n) is 8.28. The van der Waals surface area contributed by atoms with Crippen LogP contribution in [0.15, 0.2) is 0 Å². The molecule has 0 aromatic rings. The second-order valence-corrected chi connectivity index (χ2v) is 4.10. The average molecular weight is 187 g/mol. The van der Waals surface area contributed by atoms with Crippen molar-refractivity contribution in [2.24, 2.45) is 5.92 Å². The monoisotopic (exact) mass is 187 g/mol. The van der Waals surface area contributed by atoms with Crippen molar-refractivity contribution >= 4 is 0 Å². The molecule has 1 aliphatic carbocycles. The maximum Gasteiger partial charge on any atom is 0.295 e. The van der Waals surface area contributed by atoms with Crippen LogP contribution in [0.1, 0.15) is 46.0 Å². The third kappa shape index (κ3) is 2.32. The standard InChI is InChI=1S/C9H17NO3/c1-8(2)9(13-10(11)12)6-4-3-5-7-9/h8H,3-7H2,1-2H3. The van der Waals surface area contributed by atoms with Crippen LogP contribution < -0.4 is 0 Å². The van der Waals surface area contributed by atoms with E-state index in [9.17, 15) is 10.1 Å². The third-order valence-electron chi connectivity index (χ3n) is 3.01. The van der Waals surface area contributed by atoms with E-state index >= 15 is 0 Å². The summed E-state index contributed by atoms with van der Waals surface area (Å²) >= 11 is 0. The lowest BCUT2D eigenvalue weighted by molar-refractivity contribution is -0.784. The fourth-order valence-corrected chi connectivity index (χ4v) is 2.07. The molecule has 0 N–H and O–H groups in total. The summed E-state index contributed by atoms with van der Waals surface area (Å²) < 4.78 is 0. The molecule has 0 aromatic heterocycles. The molecule has 13 heavy (non-hydrogen) atoms. The van der Waals surface area contributed by atoms with Crippen LogP contribution in [0.2, 0.25) is 0 Å². The molecule has 1 fully saturated rings. The number of rotatable bonds is 3. The second kappa shape index (κ2) is 3.94. The van der Waals surface area contributed by atoms with Crippen molar-refractivity contribution in [2.45, 2.75) is 51.6 Å². The fourth-order valence-electron chi connectivity index (χ4n) is 2.07. The second-order valence-electron chi connectivity index (χ2n) is 4.10. The highest BCUT2D eigenvalue weighted by Crippen LogP contribution is 2.37. The molecule has 0 atom stereocenters. The van der Waals surface area contributed by atoms with Gasteiger partial charge in [-0.1, -0.05) is 33.1 Å². The van der Waals surface area contributed by atoms with Gasteiger partial charge in [-0.15, -0.1) is 10.1 Å². The van der Waals surface area contributed by atoms with Gasteiger partial charge in [0.2, 0.25) is 0 Å². The topological polar surface area (TPSA) is 52.4 Å². The number of hydrogen-bond acceptors (Lipinski definition) is 3. The first kappa shape index (κ1) is 10.3. The molecule has 1 rings (SSSR count). The molecule has 76 valence electrons. The van der Waals surface area contributed by atoms with Crippen LogP contribution in [0.4, 0.5) is 0 Å². The smallest absolute Gasteiger partial charge is 0.295 e. The highest BCUT2D eigenvalue weighted by molar-refractivity contribution is 4.86. The summed E-state index contributed by atoms with van der Waals surface area (Å²) in [4.78, 5) is 15.2. The lowest BCUT2D eigenvalue weighted by atomic mass is 9.77. The molecule has 0 unspecified atom stereocenters. The molecule has 4 heteroatoms. The van der Waals surface area contributed by atoms with E-state index in [0.717, 1.165) is 25.7 Å². The van der Waals surface area contributed by atoms with E-state index in [-0.39, 0.29) is 5.92 Å². The van der Waals surface area contributed by atoms with E-state index in [0.29, 0.717) is 0 Å². The van der Waals surface area contributed by atoms with Crippen molar-refractivity contribution in [1.29, 1.82) is 0 Å². The Kier molecular flexibility index (Phi) is 3.12. The maximum absolute atomic E-state index is 10.4. The lowest BCUT2D eigenvalue weighted by Gasteiger charge is -2.38. The van der Waals surface area contributed by atoms with Gasteiger partial charge in [0.1, 0.15) is 5.60 Å². The first-order valence-corrected chi connectivity index (χ1v) is 4.90. The number of hydrogen-bond donors (Lipinski definition) is 0.